The second kappa shape index (κ2) is 12.0. The van der Waals surface area contributed by atoms with E-state index in [1.807, 2.05) is 30.3 Å². The molecule has 0 bridgehead atoms. The van der Waals surface area contributed by atoms with Crippen LogP contribution in [0.2, 0.25) is 0 Å². The average Bonchev–Trinajstić information content (AvgIpc) is 2.88. The van der Waals surface area contributed by atoms with Crippen molar-refractivity contribution in [1.82, 2.24) is 0 Å². The highest BCUT2D eigenvalue weighted by Gasteiger charge is 2.13. The van der Waals surface area contributed by atoms with E-state index in [9.17, 15) is 10.1 Å². The van der Waals surface area contributed by atoms with Gasteiger partial charge in [0.05, 0.1) is 46.0 Å². The van der Waals surface area contributed by atoms with E-state index in [1.165, 1.54) is 14.2 Å². The maximum absolute atomic E-state index is 12.2. The first-order chi connectivity index (χ1) is 16.6. The molecule has 0 aliphatic carbocycles. The van der Waals surface area contributed by atoms with Gasteiger partial charge >= 0.3 is 5.97 Å². The van der Waals surface area contributed by atoms with E-state index in [4.69, 9.17) is 23.7 Å². The first kappa shape index (κ1) is 24.2. The van der Waals surface area contributed by atoms with E-state index in [0.29, 0.717) is 39.7 Å². The Morgan fingerprint density at radius 2 is 1.53 bits per heavy atom. The van der Waals surface area contributed by atoms with Gasteiger partial charge in [-0.25, -0.2) is 0 Å². The Morgan fingerprint density at radius 3 is 2.21 bits per heavy atom. The molecule has 0 fully saturated rings. The number of benzene rings is 3. The molecule has 7 nitrogen and oxygen atoms in total. The van der Waals surface area contributed by atoms with E-state index in [1.54, 1.807) is 49.6 Å². The summed E-state index contributed by atoms with van der Waals surface area (Å²) in [4.78, 5) is 12.2. The molecule has 0 aliphatic heterocycles. The van der Waals surface area contributed by atoms with Crippen LogP contribution >= 0.6 is 0 Å². The smallest absolute Gasteiger partial charge is 0.314 e. The van der Waals surface area contributed by atoms with E-state index in [2.05, 4.69) is 6.07 Å². The molecular weight excluding hydrogens is 434 g/mol. The van der Waals surface area contributed by atoms with Gasteiger partial charge in [0, 0.05) is 0 Å². The third-order valence-corrected chi connectivity index (χ3v) is 4.86. The molecule has 0 saturated carbocycles. The van der Waals surface area contributed by atoms with Gasteiger partial charge in [-0.05, 0) is 59.7 Å². The molecule has 3 rings (SSSR count). The molecule has 0 aliphatic rings. The summed E-state index contributed by atoms with van der Waals surface area (Å²) in [6.07, 6.45) is 1.79. The van der Waals surface area contributed by atoms with E-state index in [0.717, 1.165) is 0 Å². The fourth-order valence-electron chi connectivity index (χ4n) is 3.15. The quantitative estimate of drug-likeness (QED) is 0.179. The normalized spacial score (nSPS) is 10.7. The van der Waals surface area contributed by atoms with Crippen LogP contribution in [0.1, 0.15) is 17.5 Å². The molecule has 7 heteroatoms. The van der Waals surface area contributed by atoms with Crippen LogP contribution in [0.25, 0.3) is 11.6 Å². The van der Waals surface area contributed by atoms with Crippen LogP contribution in [0.3, 0.4) is 0 Å². The minimum Gasteiger partial charge on any atom is -0.493 e. The van der Waals surface area contributed by atoms with Crippen molar-refractivity contribution in [2.24, 2.45) is 0 Å². The topological polar surface area (TPSA) is 87.0 Å². The van der Waals surface area contributed by atoms with Gasteiger partial charge in [-0.15, -0.1) is 0 Å². The van der Waals surface area contributed by atoms with Crippen molar-refractivity contribution >= 4 is 17.6 Å². The van der Waals surface area contributed by atoms with Crippen LogP contribution in [0.4, 0.5) is 0 Å². The predicted molar refractivity (Wildman–Crippen MR) is 128 cm³/mol. The molecule has 0 spiro atoms. The van der Waals surface area contributed by atoms with Crippen molar-refractivity contribution in [3.63, 3.8) is 0 Å². The Labute approximate surface area is 198 Å². The molecule has 0 atom stereocenters. The van der Waals surface area contributed by atoms with Gasteiger partial charge in [0.25, 0.3) is 0 Å². The first-order valence-electron chi connectivity index (χ1n) is 10.5. The van der Waals surface area contributed by atoms with Gasteiger partial charge in [-0.3, -0.25) is 4.79 Å². The van der Waals surface area contributed by atoms with Gasteiger partial charge in [0.2, 0.25) is 0 Å². The van der Waals surface area contributed by atoms with E-state index < -0.39 is 5.97 Å². The summed E-state index contributed by atoms with van der Waals surface area (Å²) in [5.74, 6) is 2.00. The lowest BCUT2D eigenvalue weighted by molar-refractivity contribution is -0.135. The van der Waals surface area contributed by atoms with Crippen molar-refractivity contribution < 1.29 is 28.5 Å². The number of carbonyl (C=O) groups excluding carboxylic acids is 1. The standard InChI is InChI=1S/C27H25NO6/c1-30-23-12-10-20(17-26(23)32-3)21(18-28)15-19-9-11-24(25(16-19)31-2)34-27(29)13-14-33-22-7-5-4-6-8-22/h4-12,15-17H,13-14H2,1-3H3/b21-15-. The highest BCUT2D eigenvalue weighted by Crippen LogP contribution is 2.33. The Hall–Kier alpha value is -4.44. The fourth-order valence-corrected chi connectivity index (χ4v) is 3.15. The van der Waals surface area contributed by atoms with E-state index in [-0.39, 0.29) is 18.8 Å². The molecule has 0 heterocycles. The number of para-hydroxylation sites is 1. The maximum atomic E-state index is 12.2. The van der Waals surface area contributed by atoms with Crippen LogP contribution < -0.4 is 23.7 Å². The van der Waals surface area contributed by atoms with Crippen molar-refractivity contribution in [2.45, 2.75) is 6.42 Å². The largest absolute Gasteiger partial charge is 0.493 e. The predicted octanol–water partition coefficient (Wildman–Crippen LogP) is 5.15. The SMILES string of the molecule is COc1ccc(/C(C#N)=C\c2ccc(OC(=O)CCOc3ccccc3)c(OC)c2)cc1OC. The number of methoxy groups -OCH3 is 3. The lowest BCUT2D eigenvalue weighted by Crippen LogP contribution is -2.13. The number of hydrogen-bond donors (Lipinski definition) is 0. The fraction of sp³-hybridized carbons (Fsp3) is 0.185. The summed E-state index contributed by atoms with van der Waals surface area (Å²) in [5, 5.41) is 9.69. The van der Waals surface area contributed by atoms with Crippen LogP contribution in [0.5, 0.6) is 28.7 Å². The molecule has 0 radical (unpaired) electrons. The number of nitriles is 1. The number of nitrogens with zero attached hydrogens (tertiary/aromatic N) is 1. The number of carbonyl (C=O) groups is 1. The third-order valence-electron chi connectivity index (χ3n) is 4.86. The molecule has 0 amide bonds. The Balaban J connectivity index is 1.71. The number of esters is 1. The molecule has 34 heavy (non-hydrogen) atoms. The van der Waals surface area contributed by atoms with Crippen molar-refractivity contribution in [1.29, 1.82) is 5.26 Å². The van der Waals surface area contributed by atoms with Crippen LogP contribution in [0, 0.1) is 11.3 Å². The van der Waals surface area contributed by atoms with Gasteiger partial charge < -0.3 is 23.7 Å². The summed E-state index contributed by atoms with van der Waals surface area (Å²) >= 11 is 0. The summed E-state index contributed by atoms with van der Waals surface area (Å²) in [6, 6.07) is 21.8. The van der Waals surface area contributed by atoms with Gasteiger partial charge in [-0.2, -0.15) is 5.26 Å². The van der Waals surface area contributed by atoms with E-state index >= 15 is 0 Å². The average molecular weight is 459 g/mol. The molecule has 174 valence electrons. The molecule has 0 saturated heterocycles. The molecular formula is C27H25NO6. The van der Waals surface area contributed by atoms with Gasteiger partial charge in [0.1, 0.15) is 5.75 Å². The Morgan fingerprint density at radius 1 is 0.853 bits per heavy atom. The number of hydrogen-bond acceptors (Lipinski definition) is 7. The maximum Gasteiger partial charge on any atom is 0.314 e. The molecule has 0 aromatic heterocycles. The third kappa shape index (κ3) is 6.30. The summed E-state index contributed by atoms with van der Waals surface area (Å²) < 4.78 is 26.9. The highest BCUT2D eigenvalue weighted by atomic mass is 16.6. The molecule has 3 aromatic carbocycles. The van der Waals surface area contributed by atoms with Gasteiger partial charge in [-0.1, -0.05) is 24.3 Å². The zero-order valence-electron chi connectivity index (χ0n) is 19.2. The second-order valence-electron chi connectivity index (χ2n) is 7.04. The lowest BCUT2D eigenvalue weighted by atomic mass is 10.0. The molecule has 3 aromatic rings. The second-order valence-corrected chi connectivity index (χ2v) is 7.04. The minimum absolute atomic E-state index is 0.0809. The minimum atomic E-state index is -0.444. The Bertz CT molecular complexity index is 1200. The summed E-state index contributed by atoms with van der Waals surface area (Å²) in [6.45, 7) is 0.197. The monoisotopic (exact) mass is 459 g/mol. The summed E-state index contributed by atoms with van der Waals surface area (Å²) in [5.41, 5.74) is 1.80. The number of allylic oxidation sites excluding steroid dienone is 1. The molecule has 0 N–H and O–H groups in total. The number of ether oxygens (including phenoxy) is 5. The molecule has 0 unspecified atom stereocenters. The van der Waals surface area contributed by atoms with Crippen LogP contribution in [-0.2, 0) is 4.79 Å². The zero-order valence-corrected chi connectivity index (χ0v) is 19.2. The highest BCUT2D eigenvalue weighted by molar-refractivity contribution is 5.90. The van der Waals surface area contributed by atoms with Crippen molar-refractivity contribution in [3.8, 4) is 34.8 Å². The van der Waals surface area contributed by atoms with Crippen molar-refractivity contribution in [2.75, 3.05) is 27.9 Å². The lowest BCUT2D eigenvalue weighted by Gasteiger charge is -2.11. The number of rotatable bonds is 10. The van der Waals surface area contributed by atoms with Crippen molar-refractivity contribution in [3.05, 3.63) is 77.9 Å². The van der Waals surface area contributed by atoms with Crippen LogP contribution in [0.15, 0.2) is 66.7 Å². The first-order valence-corrected chi connectivity index (χ1v) is 10.5. The Kier molecular flexibility index (Phi) is 8.53. The van der Waals surface area contributed by atoms with Gasteiger partial charge in [0.15, 0.2) is 23.0 Å². The summed E-state index contributed by atoms with van der Waals surface area (Å²) in [7, 11) is 4.57. The van der Waals surface area contributed by atoms with Crippen LogP contribution in [-0.4, -0.2) is 33.9 Å². The zero-order chi connectivity index (χ0) is 24.3.